The summed E-state index contributed by atoms with van der Waals surface area (Å²) < 4.78 is 1.78. The van der Waals surface area contributed by atoms with Crippen LogP contribution >= 0.6 is 11.3 Å². The minimum absolute atomic E-state index is 0.000134. The van der Waals surface area contributed by atoms with Gasteiger partial charge in [-0.25, -0.2) is 4.98 Å². The van der Waals surface area contributed by atoms with E-state index < -0.39 is 0 Å². The fraction of sp³-hybridized carbons (Fsp3) is 0.136. The highest BCUT2D eigenvalue weighted by Gasteiger charge is 2.27. The van der Waals surface area contributed by atoms with Crippen molar-refractivity contribution in [2.75, 3.05) is 16.8 Å². The molecule has 0 spiro atoms. The first-order valence-electron chi connectivity index (χ1n) is 9.35. The van der Waals surface area contributed by atoms with Crippen molar-refractivity contribution in [2.45, 2.75) is 13.3 Å². The highest BCUT2D eigenvalue weighted by Crippen LogP contribution is 2.33. The summed E-state index contributed by atoms with van der Waals surface area (Å²) >= 11 is 1.44. The van der Waals surface area contributed by atoms with E-state index in [2.05, 4.69) is 10.3 Å². The SMILES string of the molecule is Cc1nc2ccccn2c1C(=O)Nc1ccc2c(c1)N(C(=O)c1cccs1)CC2. The normalized spacial score (nSPS) is 12.9. The van der Waals surface area contributed by atoms with Crippen LogP contribution in [0, 0.1) is 6.92 Å². The van der Waals surface area contributed by atoms with E-state index in [0.717, 1.165) is 23.3 Å². The van der Waals surface area contributed by atoms with Crippen molar-refractivity contribution in [3.05, 3.63) is 81.9 Å². The van der Waals surface area contributed by atoms with Crippen molar-refractivity contribution in [1.82, 2.24) is 9.38 Å². The average Bonchev–Trinajstić information content (AvgIpc) is 3.45. The van der Waals surface area contributed by atoms with Crippen LogP contribution in [0.3, 0.4) is 0 Å². The largest absolute Gasteiger partial charge is 0.321 e. The molecule has 0 saturated carbocycles. The number of nitrogens with one attached hydrogen (secondary N) is 1. The molecule has 29 heavy (non-hydrogen) atoms. The van der Waals surface area contributed by atoms with Crippen molar-refractivity contribution >= 4 is 40.2 Å². The number of carbonyl (C=O) groups excluding carboxylic acids is 2. The molecular weight excluding hydrogens is 384 g/mol. The van der Waals surface area contributed by atoms with E-state index in [1.54, 1.807) is 9.30 Å². The lowest BCUT2D eigenvalue weighted by Gasteiger charge is -2.17. The molecule has 7 heteroatoms. The fourth-order valence-electron chi connectivity index (χ4n) is 3.78. The van der Waals surface area contributed by atoms with E-state index in [-0.39, 0.29) is 11.8 Å². The molecule has 1 aliphatic rings. The molecular formula is C22H18N4O2S. The Kier molecular flexibility index (Phi) is 4.17. The second kappa shape index (κ2) is 6.86. The number of hydrogen-bond donors (Lipinski definition) is 1. The number of carbonyl (C=O) groups is 2. The van der Waals surface area contributed by atoms with E-state index in [4.69, 9.17) is 0 Å². The van der Waals surface area contributed by atoms with Crippen LogP contribution in [0.4, 0.5) is 11.4 Å². The number of imidazole rings is 1. The summed E-state index contributed by atoms with van der Waals surface area (Å²) in [4.78, 5) is 32.7. The molecule has 0 radical (unpaired) electrons. The van der Waals surface area contributed by atoms with Crippen molar-refractivity contribution < 1.29 is 9.59 Å². The lowest BCUT2D eigenvalue weighted by Crippen LogP contribution is -2.28. The second-order valence-corrected chi connectivity index (χ2v) is 7.90. The summed E-state index contributed by atoms with van der Waals surface area (Å²) in [5.41, 5.74) is 4.54. The van der Waals surface area contributed by atoms with Crippen LogP contribution in [0.1, 0.15) is 31.4 Å². The number of aromatic nitrogens is 2. The molecule has 3 aromatic heterocycles. The number of hydrogen-bond acceptors (Lipinski definition) is 4. The Balaban J connectivity index is 1.44. The fourth-order valence-corrected chi connectivity index (χ4v) is 4.45. The molecule has 5 rings (SSSR count). The Morgan fingerprint density at radius 3 is 2.86 bits per heavy atom. The summed E-state index contributed by atoms with van der Waals surface area (Å²) in [7, 11) is 0. The first kappa shape index (κ1) is 17.6. The maximum absolute atomic E-state index is 13.0. The standard InChI is InChI=1S/C22H18N4O2S/c1-14-20(26-10-3-2-6-19(26)23-14)21(27)24-16-8-7-15-9-11-25(17(15)13-16)22(28)18-5-4-12-29-18/h2-8,10,12-13H,9,11H2,1H3,(H,24,27). The maximum Gasteiger partial charge on any atom is 0.274 e. The topological polar surface area (TPSA) is 66.7 Å². The summed E-state index contributed by atoms with van der Waals surface area (Å²) in [6.45, 7) is 2.47. The predicted octanol–water partition coefficient (Wildman–Crippen LogP) is 4.16. The molecule has 0 saturated heterocycles. The Hall–Kier alpha value is -3.45. The number of benzene rings is 1. The average molecular weight is 402 g/mol. The van der Waals surface area contributed by atoms with Crippen LogP contribution in [0.15, 0.2) is 60.1 Å². The van der Waals surface area contributed by atoms with Gasteiger partial charge in [-0.3, -0.25) is 14.0 Å². The zero-order chi connectivity index (χ0) is 20.0. The minimum atomic E-state index is -0.227. The van der Waals surface area contributed by atoms with Gasteiger partial charge in [-0.15, -0.1) is 11.3 Å². The zero-order valence-electron chi connectivity index (χ0n) is 15.8. The first-order valence-corrected chi connectivity index (χ1v) is 10.2. The lowest BCUT2D eigenvalue weighted by atomic mass is 10.1. The summed E-state index contributed by atoms with van der Waals surface area (Å²) in [6, 6.07) is 15.1. The number of amides is 2. The Morgan fingerprint density at radius 2 is 2.03 bits per heavy atom. The zero-order valence-corrected chi connectivity index (χ0v) is 16.6. The molecule has 6 nitrogen and oxygen atoms in total. The molecule has 1 aromatic carbocycles. The molecule has 0 aliphatic carbocycles. The van der Waals surface area contributed by atoms with Gasteiger partial charge in [0.2, 0.25) is 0 Å². The number of pyridine rings is 1. The quantitative estimate of drug-likeness (QED) is 0.560. The predicted molar refractivity (Wildman–Crippen MR) is 114 cm³/mol. The van der Waals surface area contributed by atoms with Crippen LogP contribution in [0.2, 0.25) is 0 Å². The summed E-state index contributed by atoms with van der Waals surface area (Å²) in [5, 5.41) is 4.87. The van der Waals surface area contributed by atoms with Crippen LogP contribution in [0.5, 0.6) is 0 Å². The molecule has 1 aliphatic heterocycles. The van der Waals surface area contributed by atoms with Crippen molar-refractivity contribution in [2.24, 2.45) is 0 Å². The van der Waals surface area contributed by atoms with Gasteiger partial charge in [0.05, 0.1) is 10.6 Å². The molecule has 4 heterocycles. The van der Waals surface area contributed by atoms with Gasteiger partial charge in [-0.1, -0.05) is 18.2 Å². The van der Waals surface area contributed by atoms with Crippen LogP contribution in [-0.4, -0.2) is 27.7 Å². The molecule has 144 valence electrons. The highest BCUT2D eigenvalue weighted by atomic mass is 32.1. The van der Waals surface area contributed by atoms with Gasteiger partial charge in [0.15, 0.2) is 0 Å². The van der Waals surface area contributed by atoms with Gasteiger partial charge in [0.25, 0.3) is 11.8 Å². The second-order valence-electron chi connectivity index (χ2n) is 6.96. The number of anilines is 2. The van der Waals surface area contributed by atoms with Gasteiger partial charge in [0.1, 0.15) is 11.3 Å². The Morgan fingerprint density at radius 1 is 1.14 bits per heavy atom. The number of thiophene rings is 1. The molecule has 2 amide bonds. The van der Waals surface area contributed by atoms with E-state index in [9.17, 15) is 9.59 Å². The van der Waals surface area contributed by atoms with Gasteiger partial charge in [-0.2, -0.15) is 0 Å². The lowest BCUT2D eigenvalue weighted by molar-refractivity contribution is 0.0991. The number of aryl methyl sites for hydroxylation is 1. The Labute approximate surface area is 171 Å². The first-order chi connectivity index (χ1) is 14.1. The molecule has 0 atom stereocenters. The van der Waals surface area contributed by atoms with Crippen LogP contribution in [-0.2, 0) is 6.42 Å². The third-order valence-electron chi connectivity index (χ3n) is 5.14. The number of fused-ring (bicyclic) bond motifs is 2. The van der Waals surface area contributed by atoms with Crippen molar-refractivity contribution in [1.29, 1.82) is 0 Å². The third kappa shape index (κ3) is 3.00. The molecule has 0 unspecified atom stereocenters. The number of rotatable bonds is 3. The third-order valence-corrected chi connectivity index (χ3v) is 5.99. The van der Waals surface area contributed by atoms with Gasteiger partial charge in [0, 0.05) is 24.1 Å². The summed E-state index contributed by atoms with van der Waals surface area (Å²) in [6.07, 6.45) is 2.64. The number of nitrogens with zero attached hydrogens (tertiary/aromatic N) is 3. The van der Waals surface area contributed by atoms with Crippen molar-refractivity contribution in [3.63, 3.8) is 0 Å². The molecule has 0 fully saturated rings. The van der Waals surface area contributed by atoms with E-state index in [1.165, 1.54) is 11.3 Å². The Bertz CT molecular complexity index is 1240. The van der Waals surface area contributed by atoms with Crippen molar-refractivity contribution in [3.8, 4) is 0 Å². The van der Waals surface area contributed by atoms with E-state index in [1.807, 2.05) is 67.0 Å². The highest BCUT2D eigenvalue weighted by molar-refractivity contribution is 7.12. The molecule has 4 aromatic rings. The summed E-state index contributed by atoms with van der Waals surface area (Å²) in [5.74, 6) is -0.227. The molecule has 1 N–H and O–H groups in total. The van der Waals surface area contributed by atoms with Crippen LogP contribution < -0.4 is 10.2 Å². The van der Waals surface area contributed by atoms with Gasteiger partial charge < -0.3 is 10.2 Å². The molecule has 0 bridgehead atoms. The minimum Gasteiger partial charge on any atom is -0.321 e. The van der Waals surface area contributed by atoms with E-state index in [0.29, 0.717) is 28.5 Å². The van der Waals surface area contributed by atoms with Gasteiger partial charge >= 0.3 is 0 Å². The maximum atomic E-state index is 13.0. The van der Waals surface area contributed by atoms with Crippen LogP contribution in [0.25, 0.3) is 5.65 Å². The monoisotopic (exact) mass is 402 g/mol. The van der Waals surface area contributed by atoms with E-state index >= 15 is 0 Å². The smallest absolute Gasteiger partial charge is 0.274 e. The van der Waals surface area contributed by atoms with Gasteiger partial charge in [-0.05, 0) is 54.6 Å².